The Labute approximate surface area is 183 Å². The fourth-order valence-corrected chi connectivity index (χ4v) is 3.39. The molecule has 9 heteroatoms. The van der Waals surface area contributed by atoms with Gasteiger partial charge in [-0.1, -0.05) is 6.07 Å². The maximum absolute atomic E-state index is 12.7. The molecule has 0 aliphatic rings. The summed E-state index contributed by atoms with van der Waals surface area (Å²) in [5.41, 5.74) is 1.84. The Kier molecular flexibility index (Phi) is 7.77. The molecule has 0 aliphatic carbocycles. The monoisotopic (exact) mass is 445 g/mol. The molecule has 6 nitrogen and oxygen atoms in total. The van der Waals surface area contributed by atoms with Gasteiger partial charge in [-0.2, -0.15) is 8.78 Å². The average molecular weight is 445 g/mol. The first-order chi connectivity index (χ1) is 15.0. The molecule has 3 aromatic rings. The molecule has 0 saturated heterocycles. The van der Waals surface area contributed by atoms with E-state index >= 15 is 0 Å². The molecule has 1 amide bonds. The molecule has 2 heterocycles. The van der Waals surface area contributed by atoms with Crippen molar-refractivity contribution in [1.29, 1.82) is 0 Å². The molecule has 0 bridgehead atoms. The van der Waals surface area contributed by atoms with E-state index in [9.17, 15) is 13.6 Å². The van der Waals surface area contributed by atoms with Crippen LogP contribution in [0.4, 0.5) is 8.78 Å². The maximum atomic E-state index is 12.7. The van der Waals surface area contributed by atoms with Gasteiger partial charge < -0.3 is 14.8 Å². The largest absolute Gasteiger partial charge is 0.493 e. The Hall–Kier alpha value is -3.20. The zero-order valence-electron chi connectivity index (χ0n) is 16.9. The van der Waals surface area contributed by atoms with Gasteiger partial charge in [-0.15, -0.1) is 0 Å². The summed E-state index contributed by atoms with van der Waals surface area (Å²) in [6.07, 6.45) is 4.76. The third-order valence-corrected chi connectivity index (χ3v) is 5.12. The minimum atomic E-state index is -2.66. The minimum Gasteiger partial charge on any atom is -0.493 e. The van der Waals surface area contributed by atoms with E-state index in [4.69, 9.17) is 9.47 Å². The number of nitrogens with one attached hydrogen (secondary N) is 1. The number of thioether (sulfide) groups is 1. The molecule has 1 unspecified atom stereocenters. The van der Waals surface area contributed by atoms with Gasteiger partial charge in [0.25, 0.3) is 11.7 Å². The van der Waals surface area contributed by atoms with Crippen LogP contribution >= 0.6 is 11.8 Å². The third-order valence-electron chi connectivity index (χ3n) is 4.40. The van der Waals surface area contributed by atoms with Crippen LogP contribution in [0.5, 0.6) is 11.5 Å². The van der Waals surface area contributed by atoms with Crippen molar-refractivity contribution in [2.45, 2.75) is 30.4 Å². The summed E-state index contributed by atoms with van der Waals surface area (Å²) in [6, 6.07) is 11.7. The number of carbonyl (C=O) groups is 1. The van der Waals surface area contributed by atoms with E-state index in [-0.39, 0.29) is 22.4 Å². The highest BCUT2D eigenvalue weighted by molar-refractivity contribution is 7.99. The Morgan fingerprint density at radius 2 is 1.90 bits per heavy atom. The second kappa shape index (κ2) is 10.7. The van der Waals surface area contributed by atoms with E-state index in [0.717, 1.165) is 11.1 Å². The zero-order chi connectivity index (χ0) is 22.2. The van der Waals surface area contributed by atoms with Crippen molar-refractivity contribution in [2.24, 2.45) is 0 Å². The van der Waals surface area contributed by atoms with Crippen molar-refractivity contribution in [2.75, 3.05) is 7.11 Å². The van der Waals surface area contributed by atoms with Crippen molar-refractivity contribution in [3.05, 3.63) is 77.7 Å². The van der Waals surface area contributed by atoms with Crippen LogP contribution < -0.4 is 14.8 Å². The average Bonchev–Trinajstić information content (AvgIpc) is 2.78. The van der Waals surface area contributed by atoms with Crippen LogP contribution in [0.15, 0.2) is 66.1 Å². The van der Waals surface area contributed by atoms with Crippen LogP contribution in [-0.2, 0) is 6.61 Å². The number of halogens is 2. The Bertz CT molecular complexity index is 1020. The SMILES string of the molecule is COc1cc(C(C)NC(=O)c2cccnc2SC(F)F)ccc1OCc1ccncc1. The third kappa shape index (κ3) is 6.14. The number of rotatable bonds is 9. The molecule has 1 atom stereocenters. The molecular weight excluding hydrogens is 424 g/mol. The van der Waals surface area contributed by atoms with Gasteiger partial charge in [-0.3, -0.25) is 9.78 Å². The van der Waals surface area contributed by atoms with Crippen LogP contribution in [0, 0.1) is 0 Å². The fraction of sp³-hybridized carbons (Fsp3) is 0.227. The summed E-state index contributed by atoms with van der Waals surface area (Å²) in [6.45, 7) is 2.15. The molecule has 1 N–H and O–H groups in total. The summed E-state index contributed by atoms with van der Waals surface area (Å²) in [5, 5.41) is 2.80. The van der Waals surface area contributed by atoms with E-state index < -0.39 is 17.7 Å². The van der Waals surface area contributed by atoms with E-state index in [2.05, 4.69) is 15.3 Å². The molecule has 0 aliphatic heterocycles. The van der Waals surface area contributed by atoms with Crippen molar-refractivity contribution in [3.63, 3.8) is 0 Å². The highest BCUT2D eigenvalue weighted by atomic mass is 32.2. The number of aromatic nitrogens is 2. The molecule has 0 spiro atoms. The minimum absolute atomic E-state index is 0.0142. The molecule has 0 saturated carbocycles. The molecule has 3 rings (SSSR count). The standard InChI is InChI=1S/C22H21F2N3O3S/c1-14(27-20(28)17-4-3-9-26-21(17)31-22(23)24)16-5-6-18(19(12-16)29-2)30-13-15-7-10-25-11-8-15/h3-12,14,22H,13H2,1-2H3,(H,27,28). The fourth-order valence-electron chi connectivity index (χ4n) is 2.81. The lowest BCUT2D eigenvalue weighted by atomic mass is 10.1. The second-order valence-corrected chi connectivity index (χ2v) is 7.46. The van der Waals surface area contributed by atoms with Gasteiger partial charge in [0, 0.05) is 18.6 Å². The van der Waals surface area contributed by atoms with E-state index in [1.165, 1.54) is 25.4 Å². The number of hydrogen-bond donors (Lipinski definition) is 1. The molecule has 1 aromatic carbocycles. The van der Waals surface area contributed by atoms with Crippen LogP contribution in [0.2, 0.25) is 0 Å². The first-order valence-electron chi connectivity index (χ1n) is 9.38. The number of alkyl halides is 2. The molecule has 162 valence electrons. The number of methoxy groups -OCH3 is 1. The molecule has 2 aromatic heterocycles. The predicted molar refractivity (Wildman–Crippen MR) is 114 cm³/mol. The Morgan fingerprint density at radius 3 is 2.61 bits per heavy atom. The molecule has 31 heavy (non-hydrogen) atoms. The van der Waals surface area contributed by atoms with Gasteiger partial charge in [0.05, 0.1) is 18.7 Å². The molecular formula is C22H21F2N3O3S. The topological polar surface area (TPSA) is 73.3 Å². The number of carbonyl (C=O) groups excluding carboxylic acids is 1. The van der Waals surface area contributed by atoms with E-state index in [1.54, 1.807) is 31.5 Å². The Balaban J connectivity index is 1.70. The lowest BCUT2D eigenvalue weighted by molar-refractivity contribution is 0.0936. The van der Waals surface area contributed by atoms with Crippen molar-refractivity contribution in [1.82, 2.24) is 15.3 Å². The predicted octanol–water partition coefficient (Wildman–Crippen LogP) is 4.87. The maximum Gasteiger partial charge on any atom is 0.290 e. The number of hydrogen-bond acceptors (Lipinski definition) is 6. The van der Waals surface area contributed by atoms with Crippen molar-refractivity contribution < 1.29 is 23.0 Å². The number of amides is 1. The highest BCUT2D eigenvalue weighted by Gasteiger charge is 2.19. The molecule has 0 fully saturated rings. The van der Waals surface area contributed by atoms with E-state index in [1.807, 2.05) is 18.2 Å². The summed E-state index contributed by atoms with van der Waals surface area (Å²) in [4.78, 5) is 20.5. The number of benzene rings is 1. The summed E-state index contributed by atoms with van der Waals surface area (Å²) in [7, 11) is 1.53. The lowest BCUT2D eigenvalue weighted by Gasteiger charge is -2.18. The smallest absolute Gasteiger partial charge is 0.290 e. The van der Waals surface area contributed by atoms with Gasteiger partial charge in [0.15, 0.2) is 11.5 Å². The Morgan fingerprint density at radius 1 is 1.13 bits per heavy atom. The first-order valence-corrected chi connectivity index (χ1v) is 10.3. The zero-order valence-corrected chi connectivity index (χ0v) is 17.7. The molecule has 0 radical (unpaired) electrons. The summed E-state index contributed by atoms with van der Waals surface area (Å²) < 4.78 is 36.8. The summed E-state index contributed by atoms with van der Waals surface area (Å²) in [5.74, 6) is -2.07. The number of nitrogens with zero attached hydrogens (tertiary/aromatic N) is 2. The van der Waals surface area contributed by atoms with Crippen molar-refractivity contribution >= 4 is 17.7 Å². The van der Waals surface area contributed by atoms with Gasteiger partial charge in [0.1, 0.15) is 11.6 Å². The number of ether oxygens (including phenoxy) is 2. The first kappa shape index (κ1) is 22.5. The van der Waals surface area contributed by atoms with Gasteiger partial charge >= 0.3 is 0 Å². The quantitative estimate of drug-likeness (QED) is 0.474. The van der Waals surface area contributed by atoms with E-state index in [0.29, 0.717) is 18.1 Å². The lowest BCUT2D eigenvalue weighted by Crippen LogP contribution is -2.27. The van der Waals surface area contributed by atoms with Crippen LogP contribution in [0.1, 0.15) is 34.5 Å². The van der Waals surface area contributed by atoms with Crippen LogP contribution in [0.3, 0.4) is 0 Å². The van der Waals surface area contributed by atoms with Gasteiger partial charge in [0.2, 0.25) is 0 Å². The highest BCUT2D eigenvalue weighted by Crippen LogP contribution is 2.31. The van der Waals surface area contributed by atoms with Gasteiger partial charge in [-0.25, -0.2) is 4.98 Å². The van der Waals surface area contributed by atoms with Crippen LogP contribution in [0.25, 0.3) is 0 Å². The normalized spacial score (nSPS) is 11.8. The van der Waals surface area contributed by atoms with Gasteiger partial charge in [-0.05, 0) is 66.2 Å². The summed E-state index contributed by atoms with van der Waals surface area (Å²) >= 11 is 0.242. The number of pyridine rings is 2. The second-order valence-electron chi connectivity index (χ2n) is 6.48. The van der Waals surface area contributed by atoms with Crippen molar-refractivity contribution in [3.8, 4) is 11.5 Å². The van der Waals surface area contributed by atoms with Crippen LogP contribution in [-0.4, -0.2) is 28.7 Å².